The molecule has 2 unspecified atom stereocenters. The van der Waals surface area contributed by atoms with Crippen LogP contribution in [0.1, 0.15) is 25.0 Å². The van der Waals surface area contributed by atoms with Crippen LogP contribution in [0.2, 0.25) is 0 Å². The Morgan fingerprint density at radius 3 is 2.76 bits per heavy atom. The summed E-state index contributed by atoms with van der Waals surface area (Å²) in [4.78, 5) is 0. The maximum absolute atomic E-state index is 13.2. The first-order valence-electron chi connectivity index (χ1n) is 5.66. The zero-order valence-electron chi connectivity index (χ0n) is 9.90. The number of hydrogen-bond acceptors (Lipinski definition) is 4. The third-order valence-corrected chi connectivity index (χ3v) is 2.50. The van der Waals surface area contributed by atoms with Gasteiger partial charge in [0.15, 0.2) is 0 Å². The summed E-state index contributed by atoms with van der Waals surface area (Å²) >= 11 is 0. The third-order valence-electron chi connectivity index (χ3n) is 2.50. The van der Waals surface area contributed by atoms with E-state index in [9.17, 15) is 9.50 Å². The molecule has 1 aromatic carbocycles. The highest BCUT2D eigenvalue weighted by Gasteiger charge is 2.20. The van der Waals surface area contributed by atoms with Crippen molar-refractivity contribution in [3.8, 4) is 5.75 Å². The van der Waals surface area contributed by atoms with Crippen molar-refractivity contribution >= 4 is 0 Å². The van der Waals surface area contributed by atoms with Gasteiger partial charge in [-0.25, -0.2) is 4.39 Å². The highest BCUT2D eigenvalue weighted by molar-refractivity contribution is 5.36. The van der Waals surface area contributed by atoms with Crippen LogP contribution < -0.4 is 16.2 Å². The first-order valence-corrected chi connectivity index (χ1v) is 5.66. The second-order valence-corrected chi connectivity index (χ2v) is 3.80. The van der Waals surface area contributed by atoms with Crippen LogP contribution in [0.3, 0.4) is 0 Å². The number of halogens is 1. The van der Waals surface area contributed by atoms with Crippen LogP contribution >= 0.6 is 0 Å². The second kappa shape index (κ2) is 6.54. The molecule has 0 heterocycles. The fourth-order valence-corrected chi connectivity index (χ4v) is 1.62. The lowest BCUT2D eigenvalue weighted by atomic mass is 9.99. The predicted octanol–water partition coefficient (Wildman–Crippen LogP) is 0.934. The number of nitrogens with two attached hydrogens (primary N) is 2. The van der Waals surface area contributed by atoms with Gasteiger partial charge in [0.2, 0.25) is 0 Å². The van der Waals surface area contributed by atoms with Crippen molar-refractivity contribution < 1.29 is 14.2 Å². The molecule has 0 saturated carbocycles. The van der Waals surface area contributed by atoms with Crippen molar-refractivity contribution in [1.29, 1.82) is 0 Å². The van der Waals surface area contributed by atoms with Gasteiger partial charge >= 0.3 is 0 Å². The van der Waals surface area contributed by atoms with Crippen molar-refractivity contribution in [3.05, 3.63) is 29.6 Å². The molecule has 0 aliphatic heterocycles. The van der Waals surface area contributed by atoms with Crippen LogP contribution in [-0.4, -0.2) is 24.3 Å². The summed E-state index contributed by atoms with van der Waals surface area (Å²) in [6.45, 7) is 2.63. The van der Waals surface area contributed by atoms with E-state index in [1.165, 1.54) is 18.2 Å². The van der Waals surface area contributed by atoms with Gasteiger partial charge in [-0.3, -0.25) is 0 Å². The molecule has 0 saturated heterocycles. The van der Waals surface area contributed by atoms with E-state index in [0.717, 1.165) is 0 Å². The van der Waals surface area contributed by atoms with E-state index in [1.807, 2.05) is 6.92 Å². The maximum atomic E-state index is 13.2. The number of rotatable bonds is 6. The first-order chi connectivity index (χ1) is 8.10. The Morgan fingerprint density at radius 1 is 1.47 bits per heavy atom. The van der Waals surface area contributed by atoms with Crippen LogP contribution in [0.25, 0.3) is 0 Å². The number of benzene rings is 1. The smallest absolute Gasteiger partial charge is 0.125 e. The highest BCUT2D eigenvalue weighted by Crippen LogP contribution is 2.28. The molecule has 0 spiro atoms. The molecule has 0 bridgehead atoms. The summed E-state index contributed by atoms with van der Waals surface area (Å²) in [6, 6.07) is 3.50. The second-order valence-electron chi connectivity index (χ2n) is 3.80. The standard InChI is InChI=1S/C12H19FN2O2/c1-2-17-11-4-3-8(13)7-9(11)12(16)10(15)5-6-14/h3-4,7,10,12,16H,2,5-6,14-15H2,1H3. The lowest BCUT2D eigenvalue weighted by molar-refractivity contribution is 0.138. The quantitative estimate of drug-likeness (QED) is 0.693. The summed E-state index contributed by atoms with van der Waals surface area (Å²) in [5.41, 5.74) is 11.5. The van der Waals surface area contributed by atoms with E-state index >= 15 is 0 Å². The molecule has 5 N–H and O–H groups in total. The van der Waals surface area contributed by atoms with Gasteiger partial charge in [-0.2, -0.15) is 0 Å². The Hall–Kier alpha value is -1.17. The molecular formula is C12H19FN2O2. The van der Waals surface area contributed by atoms with Gasteiger partial charge in [-0.05, 0) is 38.1 Å². The average Bonchev–Trinajstić information content (AvgIpc) is 2.31. The third kappa shape index (κ3) is 3.66. The molecule has 0 aromatic heterocycles. The summed E-state index contributed by atoms with van der Waals surface area (Å²) in [6.07, 6.45) is -0.515. The number of aliphatic hydroxyl groups excluding tert-OH is 1. The number of aliphatic hydroxyl groups is 1. The number of ether oxygens (including phenoxy) is 1. The molecule has 0 fully saturated rings. The van der Waals surface area contributed by atoms with E-state index in [-0.39, 0.29) is 0 Å². The van der Waals surface area contributed by atoms with Gasteiger partial charge in [-0.1, -0.05) is 0 Å². The molecule has 1 aromatic rings. The zero-order valence-corrected chi connectivity index (χ0v) is 9.90. The van der Waals surface area contributed by atoms with Gasteiger partial charge in [-0.15, -0.1) is 0 Å². The van der Waals surface area contributed by atoms with Crippen LogP contribution in [0.15, 0.2) is 18.2 Å². The molecule has 17 heavy (non-hydrogen) atoms. The molecule has 1 rings (SSSR count). The van der Waals surface area contributed by atoms with Gasteiger partial charge in [0.1, 0.15) is 11.6 Å². The summed E-state index contributed by atoms with van der Waals surface area (Å²) in [7, 11) is 0. The van der Waals surface area contributed by atoms with Gasteiger partial charge < -0.3 is 21.3 Å². The van der Waals surface area contributed by atoms with Crippen LogP contribution in [-0.2, 0) is 0 Å². The molecule has 0 aliphatic rings. The van der Waals surface area contributed by atoms with Crippen molar-refractivity contribution in [2.24, 2.45) is 11.5 Å². The highest BCUT2D eigenvalue weighted by atomic mass is 19.1. The van der Waals surface area contributed by atoms with Gasteiger partial charge in [0.25, 0.3) is 0 Å². The van der Waals surface area contributed by atoms with Crippen molar-refractivity contribution in [1.82, 2.24) is 0 Å². The van der Waals surface area contributed by atoms with Crippen molar-refractivity contribution in [2.45, 2.75) is 25.5 Å². The Balaban J connectivity index is 2.96. The summed E-state index contributed by atoms with van der Waals surface area (Å²) < 4.78 is 18.5. The lowest BCUT2D eigenvalue weighted by Crippen LogP contribution is -2.31. The SMILES string of the molecule is CCOc1ccc(F)cc1C(O)C(N)CCN. The fraction of sp³-hybridized carbons (Fsp3) is 0.500. The lowest BCUT2D eigenvalue weighted by Gasteiger charge is -2.21. The van der Waals surface area contributed by atoms with Gasteiger partial charge in [0, 0.05) is 11.6 Å². The topological polar surface area (TPSA) is 81.5 Å². The Kier molecular flexibility index (Phi) is 5.34. The average molecular weight is 242 g/mol. The molecule has 0 aliphatic carbocycles. The molecule has 0 radical (unpaired) electrons. The van der Waals surface area contributed by atoms with E-state index < -0.39 is 18.0 Å². The summed E-state index contributed by atoms with van der Waals surface area (Å²) in [5.74, 6) is 0.0244. The van der Waals surface area contributed by atoms with E-state index in [0.29, 0.717) is 30.9 Å². The molecule has 5 heteroatoms. The van der Waals surface area contributed by atoms with E-state index in [1.54, 1.807) is 0 Å². The molecule has 2 atom stereocenters. The Labute approximate surface area is 100 Å². The minimum absolute atomic E-state index is 0.368. The Morgan fingerprint density at radius 2 is 2.18 bits per heavy atom. The van der Waals surface area contributed by atoms with E-state index in [2.05, 4.69) is 0 Å². The van der Waals surface area contributed by atoms with Crippen LogP contribution in [0, 0.1) is 5.82 Å². The number of hydrogen-bond donors (Lipinski definition) is 3. The molecule has 96 valence electrons. The van der Waals surface area contributed by atoms with Crippen molar-refractivity contribution in [3.63, 3.8) is 0 Å². The molecule has 0 amide bonds. The van der Waals surface area contributed by atoms with Crippen LogP contribution in [0.5, 0.6) is 5.75 Å². The summed E-state index contributed by atoms with van der Waals surface area (Å²) in [5, 5.41) is 10.0. The minimum atomic E-state index is -0.976. The maximum Gasteiger partial charge on any atom is 0.125 e. The predicted molar refractivity (Wildman–Crippen MR) is 64.2 cm³/mol. The van der Waals surface area contributed by atoms with Crippen molar-refractivity contribution in [2.75, 3.05) is 13.2 Å². The molecular weight excluding hydrogens is 223 g/mol. The molecule has 4 nitrogen and oxygen atoms in total. The largest absolute Gasteiger partial charge is 0.493 e. The van der Waals surface area contributed by atoms with Crippen LogP contribution in [0.4, 0.5) is 4.39 Å². The minimum Gasteiger partial charge on any atom is -0.493 e. The normalized spacial score (nSPS) is 14.4. The zero-order chi connectivity index (χ0) is 12.8. The van der Waals surface area contributed by atoms with E-state index in [4.69, 9.17) is 16.2 Å². The van der Waals surface area contributed by atoms with Gasteiger partial charge in [0.05, 0.1) is 12.7 Å². The Bertz CT molecular complexity index is 360. The fourth-order valence-electron chi connectivity index (χ4n) is 1.62. The first kappa shape index (κ1) is 13.9. The monoisotopic (exact) mass is 242 g/mol.